The van der Waals surface area contributed by atoms with E-state index in [1.165, 1.54) is 0 Å². The second-order valence-corrected chi connectivity index (χ2v) is 6.09. The van der Waals surface area contributed by atoms with Crippen LogP contribution in [-0.2, 0) is 10.2 Å². The molecule has 0 unspecified atom stereocenters. The molecule has 2 aromatic rings. The van der Waals surface area contributed by atoms with Crippen LogP contribution in [0.2, 0.25) is 0 Å². The smallest absolute Gasteiger partial charge is 0.255 e. The Balaban J connectivity index is 2.11. The molecule has 4 heteroatoms. The van der Waals surface area contributed by atoms with Crippen LogP contribution in [0, 0.1) is 0 Å². The number of para-hydroxylation sites is 1. The fourth-order valence-electron chi connectivity index (χ4n) is 2.99. The van der Waals surface area contributed by atoms with Crippen molar-refractivity contribution in [2.45, 2.75) is 32.6 Å². The summed E-state index contributed by atoms with van der Waals surface area (Å²) < 4.78 is 0. The van der Waals surface area contributed by atoms with Gasteiger partial charge in [0, 0.05) is 18.9 Å². The van der Waals surface area contributed by atoms with Crippen LogP contribution in [0.25, 0.3) is 0 Å². The molecule has 1 aliphatic heterocycles. The lowest BCUT2D eigenvalue weighted by atomic mass is 9.86. The highest BCUT2D eigenvalue weighted by Crippen LogP contribution is 2.42. The van der Waals surface area contributed by atoms with E-state index in [1.54, 1.807) is 12.4 Å². The van der Waals surface area contributed by atoms with Crippen LogP contribution in [0.3, 0.4) is 0 Å². The minimum absolute atomic E-state index is 0.110. The van der Waals surface area contributed by atoms with Crippen molar-refractivity contribution in [1.82, 2.24) is 4.98 Å². The molecule has 0 saturated heterocycles. The molecule has 1 aromatic carbocycles. The monoisotopic (exact) mass is 295 g/mol. The molecule has 22 heavy (non-hydrogen) atoms. The van der Waals surface area contributed by atoms with E-state index in [4.69, 9.17) is 0 Å². The summed E-state index contributed by atoms with van der Waals surface area (Å²) in [5, 5.41) is 3.88. The summed E-state index contributed by atoms with van der Waals surface area (Å²) in [6, 6.07) is 11.9. The number of benzene rings is 1. The molecule has 0 bridgehead atoms. The number of hydrazine groups is 1. The fraction of sp³-hybridized carbons (Fsp3) is 0.333. The van der Waals surface area contributed by atoms with Gasteiger partial charge in [0.2, 0.25) is 0 Å². The van der Waals surface area contributed by atoms with Crippen molar-refractivity contribution < 1.29 is 4.79 Å². The maximum Gasteiger partial charge on any atom is 0.255 e. The third kappa shape index (κ3) is 2.15. The summed E-state index contributed by atoms with van der Waals surface area (Å²) in [7, 11) is 0. The van der Waals surface area contributed by atoms with Gasteiger partial charge >= 0.3 is 0 Å². The van der Waals surface area contributed by atoms with Crippen molar-refractivity contribution >= 4 is 17.3 Å². The molecule has 0 radical (unpaired) electrons. The Morgan fingerprint density at radius 1 is 1.14 bits per heavy atom. The third-order valence-corrected chi connectivity index (χ3v) is 4.17. The van der Waals surface area contributed by atoms with Gasteiger partial charge in [-0.2, -0.15) is 0 Å². The Bertz CT molecular complexity index is 682. The largest absolute Gasteiger partial charge is 0.278 e. The minimum Gasteiger partial charge on any atom is -0.278 e. The molecular formula is C18H21N3O. The molecule has 0 aliphatic carbocycles. The zero-order valence-corrected chi connectivity index (χ0v) is 13.3. The number of carbonyl (C=O) groups excluding carboxylic acids is 1. The maximum atomic E-state index is 13.0. The summed E-state index contributed by atoms with van der Waals surface area (Å²) in [5.74, 6) is 0.110. The maximum absolute atomic E-state index is 13.0. The minimum atomic E-state index is -0.504. The molecule has 0 fully saturated rings. The lowest BCUT2D eigenvalue weighted by Crippen LogP contribution is -2.49. The number of aromatic nitrogens is 1. The van der Waals surface area contributed by atoms with Crippen molar-refractivity contribution in [3.8, 4) is 0 Å². The Hall–Kier alpha value is -2.36. The summed E-state index contributed by atoms with van der Waals surface area (Å²) in [6.07, 6.45) is 4.47. The Morgan fingerprint density at radius 2 is 1.82 bits per heavy atom. The van der Waals surface area contributed by atoms with Crippen molar-refractivity contribution in [3.05, 3.63) is 54.4 Å². The van der Waals surface area contributed by atoms with Crippen LogP contribution in [0.5, 0.6) is 0 Å². The second-order valence-electron chi connectivity index (χ2n) is 6.09. The number of pyridine rings is 1. The van der Waals surface area contributed by atoms with E-state index in [9.17, 15) is 4.79 Å². The number of anilines is 2. The van der Waals surface area contributed by atoms with Crippen molar-refractivity contribution in [3.63, 3.8) is 0 Å². The van der Waals surface area contributed by atoms with Gasteiger partial charge in [0.1, 0.15) is 0 Å². The zero-order chi connectivity index (χ0) is 15.7. The quantitative estimate of drug-likeness (QED) is 0.865. The highest BCUT2D eigenvalue weighted by Gasteiger charge is 2.46. The summed E-state index contributed by atoms with van der Waals surface area (Å²) in [6.45, 7) is 6.88. The zero-order valence-electron chi connectivity index (χ0n) is 13.3. The highest BCUT2D eigenvalue weighted by atomic mass is 16.2. The first-order valence-electron chi connectivity index (χ1n) is 7.69. The SMILES string of the molecule is CCCN(c1ccncc1)N1C(=O)C(C)(C)c2ccccc21. The molecule has 0 atom stereocenters. The highest BCUT2D eigenvalue weighted by molar-refractivity contribution is 6.09. The van der Waals surface area contributed by atoms with Crippen molar-refractivity contribution in [2.24, 2.45) is 0 Å². The van der Waals surface area contributed by atoms with E-state index >= 15 is 0 Å². The topological polar surface area (TPSA) is 36.4 Å². The summed E-state index contributed by atoms with van der Waals surface area (Å²) >= 11 is 0. The van der Waals surface area contributed by atoms with Gasteiger partial charge in [-0.15, -0.1) is 0 Å². The normalized spacial score (nSPS) is 15.8. The van der Waals surface area contributed by atoms with E-state index in [0.717, 1.165) is 29.9 Å². The van der Waals surface area contributed by atoms with Crippen LogP contribution in [0.15, 0.2) is 48.8 Å². The predicted molar refractivity (Wildman–Crippen MR) is 88.8 cm³/mol. The molecule has 1 aromatic heterocycles. The van der Waals surface area contributed by atoms with Gasteiger partial charge in [0.25, 0.3) is 5.91 Å². The van der Waals surface area contributed by atoms with E-state index < -0.39 is 5.41 Å². The van der Waals surface area contributed by atoms with Crippen LogP contribution in [0.1, 0.15) is 32.8 Å². The van der Waals surface area contributed by atoms with Crippen LogP contribution in [-0.4, -0.2) is 17.4 Å². The number of hydrogen-bond acceptors (Lipinski definition) is 3. The van der Waals surface area contributed by atoms with Gasteiger partial charge in [-0.3, -0.25) is 14.8 Å². The van der Waals surface area contributed by atoms with Crippen LogP contribution >= 0.6 is 0 Å². The molecule has 0 N–H and O–H groups in total. The molecule has 114 valence electrons. The number of hydrogen-bond donors (Lipinski definition) is 0. The number of nitrogens with zero attached hydrogens (tertiary/aromatic N) is 3. The van der Waals surface area contributed by atoms with Gasteiger partial charge in [-0.05, 0) is 44.0 Å². The molecule has 4 nitrogen and oxygen atoms in total. The standard InChI is InChI=1S/C18H21N3O/c1-4-13-20(14-9-11-19-12-10-14)21-16-8-6-5-7-15(16)18(2,3)17(21)22/h5-12H,4,13H2,1-3H3. The third-order valence-electron chi connectivity index (χ3n) is 4.17. The number of amides is 1. The number of rotatable bonds is 4. The van der Waals surface area contributed by atoms with Gasteiger partial charge in [0.15, 0.2) is 0 Å². The van der Waals surface area contributed by atoms with E-state index in [0.29, 0.717) is 0 Å². The number of fused-ring (bicyclic) bond motifs is 1. The van der Waals surface area contributed by atoms with Gasteiger partial charge in [-0.1, -0.05) is 25.1 Å². The first kappa shape index (κ1) is 14.6. The van der Waals surface area contributed by atoms with E-state index in [-0.39, 0.29) is 5.91 Å². The van der Waals surface area contributed by atoms with Gasteiger partial charge in [-0.25, -0.2) is 5.01 Å². The van der Waals surface area contributed by atoms with E-state index in [2.05, 4.69) is 16.9 Å². The van der Waals surface area contributed by atoms with Crippen LogP contribution < -0.4 is 10.0 Å². The summed E-state index contributed by atoms with van der Waals surface area (Å²) in [4.78, 5) is 17.1. The van der Waals surface area contributed by atoms with Crippen molar-refractivity contribution in [2.75, 3.05) is 16.6 Å². The molecule has 2 heterocycles. The average molecular weight is 295 g/mol. The average Bonchev–Trinajstić information content (AvgIpc) is 2.74. The lowest BCUT2D eigenvalue weighted by molar-refractivity contribution is -0.122. The molecule has 0 spiro atoms. The van der Waals surface area contributed by atoms with Crippen molar-refractivity contribution in [1.29, 1.82) is 0 Å². The molecule has 1 amide bonds. The van der Waals surface area contributed by atoms with Gasteiger partial charge < -0.3 is 0 Å². The second kappa shape index (κ2) is 5.44. The molecule has 1 aliphatic rings. The predicted octanol–water partition coefficient (Wildman–Crippen LogP) is 3.54. The Labute approximate surface area is 131 Å². The van der Waals surface area contributed by atoms with Gasteiger partial charge in [0.05, 0.1) is 16.8 Å². The summed E-state index contributed by atoms with van der Waals surface area (Å²) in [5.41, 5.74) is 2.53. The Kier molecular flexibility index (Phi) is 3.61. The molecular weight excluding hydrogens is 274 g/mol. The molecule has 3 rings (SSSR count). The first-order valence-corrected chi connectivity index (χ1v) is 7.69. The fourth-order valence-corrected chi connectivity index (χ4v) is 2.99. The molecule has 0 saturated carbocycles. The first-order chi connectivity index (χ1) is 10.6. The van der Waals surface area contributed by atoms with Crippen LogP contribution in [0.4, 0.5) is 11.4 Å². The Morgan fingerprint density at radius 3 is 2.50 bits per heavy atom. The number of carbonyl (C=O) groups is 1. The lowest BCUT2D eigenvalue weighted by Gasteiger charge is -2.34. The van der Waals surface area contributed by atoms with E-state index in [1.807, 2.05) is 55.3 Å².